The molecule has 2 rings (SSSR count). The summed E-state index contributed by atoms with van der Waals surface area (Å²) in [6, 6.07) is 4.31. The SMILES string of the molecule is COc1cc(OC)c2cc(C(=O)NC(C(=O)NCC(=O)O)C(C)C)n(C)c2c1. The number of aliphatic carboxylic acids is 1. The van der Waals surface area contributed by atoms with Gasteiger partial charge in [-0.05, 0) is 12.0 Å². The molecule has 1 atom stereocenters. The van der Waals surface area contributed by atoms with E-state index in [9.17, 15) is 14.4 Å². The first-order valence-electron chi connectivity index (χ1n) is 8.71. The standard InChI is InChI=1S/C19H25N3O6/c1-10(2)17(19(26)20-9-16(23)24)21-18(25)14-8-12-13(22(14)3)6-11(27-4)7-15(12)28-5/h6-8,10,17H,9H2,1-5H3,(H,20,26)(H,21,25)(H,23,24). The molecule has 0 radical (unpaired) electrons. The van der Waals surface area contributed by atoms with Crippen molar-refractivity contribution in [3.63, 3.8) is 0 Å². The Balaban J connectivity index is 2.34. The van der Waals surface area contributed by atoms with Crippen molar-refractivity contribution in [1.82, 2.24) is 15.2 Å². The van der Waals surface area contributed by atoms with Gasteiger partial charge in [0.25, 0.3) is 5.91 Å². The van der Waals surface area contributed by atoms with Gasteiger partial charge in [0.1, 0.15) is 29.8 Å². The van der Waals surface area contributed by atoms with Crippen LogP contribution in [0.1, 0.15) is 24.3 Å². The van der Waals surface area contributed by atoms with E-state index in [0.717, 1.165) is 10.9 Å². The Bertz CT molecular complexity index is 903. The lowest BCUT2D eigenvalue weighted by Gasteiger charge is -2.21. The van der Waals surface area contributed by atoms with E-state index >= 15 is 0 Å². The predicted octanol–water partition coefficient (Wildman–Crippen LogP) is 1.15. The van der Waals surface area contributed by atoms with Gasteiger partial charge in [-0.25, -0.2) is 0 Å². The van der Waals surface area contributed by atoms with Gasteiger partial charge in [0, 0.05) is 24.6 Å². The summed E-state index contributed by atoms with van der Waals surface area (Å²) >= 11 is 0. The molecule has 0 aliphatic carbocycles. The summed E-state index contributed by atoms with van der Waals surface area (Å²) in [6.07, 6.45) is 0. The molecular formula is C19H25N3O6. The predicted molar refractivity (Wildman–Crippen MR) is 103 cm³/mol. The number of aromatic nitrogens is 1. The number of nitrogens with one attached hydrogen (secondary N) is 2. The number of carbonyl (C=O) groups excluding carboxylic acids is 2. The highest BCUT2D eigenvalue weighted by atomic mass is 16.5. The topological polar surface area (TPSA) is 119 Å². The maximum Gasteiger partial charge on any atom is 0.322 e. The highest BCUT2D eigenvalue weighted by molar-refractivity contribution is 6.02. The number of hydrogen-bond acceptors (Lipinski definition) is 5. The monoisotopic (exact) mass is 391 g/mol. The molecule has 0 bridgehead atoms. The molecule has 9 heteroatoms. The molecule has 0 saturated carbocycles. The summed E-state index contributed by atoms with van der Waals surface area (Å²) in [5.41, 5.74) is 1.07. The smallest absolute Gasteiger partial charge is 0.322 e. The number of benzene rings is 1. The Hall–Kier alpha value is -3.23. The van der Waals surface area contributed by atoms with Crippen LogP contribution < -0.4 is 20.1 Å². The number of fused-ring (bicyclic) bond motifs is 1. The molecule has 0 fully saturated rings. The maximum atomic E-state index is 12.8. The summed E-state index contributed by atoms with van der Waals surface area (Å²) < 4.78 is 12.3. The van der Waals surface area contributed by atoms with Gasteiger partial charge >= 0.3 is 5.97 Å². The summed E-state index contributed by atoms with van der Waals surface area (Å²) in [4.78, 5) is 35.8. The van der Waals surface area contributed by atoms with Crippen LogP contribution in [0, 0.1) is 5.92 Å². The van der Waals surface area contributed by atoms with E-state index in [4.69, 9.17) is 14.6 Å². The minimum absolute atomic E-state index is 0.234. The minimum Gasteiger partial charge on any atom is -0.497 e. The molecule has 0 aliphatic heterocycles. The van der Waals surface area contributed by atoms with Crippen LogP contribution in [-0.4, -0.2) is 54.3 Å². The van der Waals surface area contributed by atoms with Gasteiger partial charge in [-0.1, -0.05) is 13.8 Å². The zero-order valence-corrected chi connectivity index (χ0v) is 16.5. The highest BCUT2D eigenvalue weighted by Gasteiger charge is 2.26. The number of rotatable bonds is 8. The van der Waals surface area contributed by atoms with Crippen molar-refractivity contribution >= 4 is 28.7 Å². The van der Waals surface area contributed by atoms with Crippen LogP contribution in [0.15, 0.2) is 18.2 Å². The molecule has 2 aromatic rings. The van der Waals surface area contributed by atoms with Crippen LogP contribution in [-0.2, 0) is 16.6 Å². The molecule has 28 heavy (non-hydrogen) atoms. The van der Waals surface area contributed by atoms with Crippen LogP contribution in [0.4, 0.5) is 0 Å². The third-order valence-electron chi connectivity index (χ3n) is 4.44. The first-order valence-corrected chi connectivity index (χ1v) is 8.71. The van der Waals surface area contributed by atoms with Gasteiger partial charge in [-0.2, -0.15) is 0 Å². The number of carboxylic acid groups (broad SMARTS) is 1. The van der Waals surface area contributed by atoms with Crippen LogP contribution >= 0.6 is 0 Å². The van der Waals surface area contributed by atoms with E-state index in [-0.39, 0.29) is 5.92 Å². The largest absolute Gasteiger partial charge is 0.497 e. The second-order valence-corrected chi connectivity index (χ2v) is 6.66. The Morgan fingerprint density at radius 1 is 1.14 bits per heavy atom. The number of hydrogen-bond donors (Lipinski definition) is 3. The number of carbonyl (C=O) groups is 3. The lowest BCUT2D eigenvalue weighted by molar-refractivity contribution is -0.138. The van der Waals surface area contributed by atoms with Gasteiger partial charge in [0.05, 0.1) is 19.7 Å². The van der Waals surface area contributed by atoms with Crippen molar-refractivity contribution in [2.45, 2.75) is 19.9 Å². The first kappa shape index (κ1) is 21.1. The fraction of sp³-hybridized carbons (Fsp3) is 0.421. The molecule has 0 saturated heterocycles. The van der Waals surface area contributed by atoms with Crippen LogP contribution in [0.5, 0.6) is 11.5 Å². The van der Waals surface area contributed by atoms with Crippen molar-refractivity contribution in [2.75, 3.05) is 20.8 Å². The Kier molecular flexibility index (Phi) is 6.50. The van der Waals surface area contributed by atoms with E-state index in [1.54, 1.807) is 50.8 Å². The van der Waals surface area contributed by atoms with Gasteiger partial charge in [-0.15, -0.1) is 0 Å². The van der Waals surface area contributed by atoms with Crippen LogP contribution in [0.2, 0.25) is 0 Å². The molecular weight excluding hydrogens is 366 g/mol. The molecule has 3 N–H and O–H groups in total. The number of amides is 2. The maximum absolute atomic E-state index is 12.8. The molecule has 9 nitrogen and oxygen atoms in total. The summed E-state index contributed by atoms with van der Waals surface area (Å²) in [5.74, 6) is -1.25. The zero-order chi connectivity index (χ0) is 21.0. The fourth-order valence-electron chi connectivity index (χ4n) is 2.90. The van der Waals surface area contributed by atoms with Gasteiger partial charge in [0.2, 0.25) is 5.91 Å². The Morgan fingerprint density at radius 2 is 1.82 bits per heavy atom. The minimum atomic E-state index is -1.16. The average molecular weight is 391 g/mol. The molecule has 1 aromatic carbocycles. The number of aryl methyl sites for hydroxylation is 1. The molecule has 1 aromatic heterocycles. The van der Waals surface area contributed by atoms with E-state index in [0.29, 0.717) is 17.2 Å². The average Bonchev–Trinajstić information content (AvgIpc) is 2.99. The molecule has 152 valence electrons. The molecule has 0 spiro atoms. The van der Waals surface area contributed by atoms with E-state index in [2.05, 4.69) is 10.6 Å². The summed E-state index contributed by atoms with van der Waals surface area (Å²) in [6.45, 7) is 3.02. The van der Waals surface area contributed by atoms with Crippen molar-refractivity contribution in [2.24, 2.45) is 13.0 Å². The van der Waals surface area contributed by atoms with E-state index < -0.39 is 30.4 Å². The summed E-state index contributed by atoms with van der Waals surface area (Å²) in [7, 11) is 4.80. The molecule has 0 aliphatic rings. The second-order valence-electron chi connectivity index (χ2n) is 6.66. The Morgan fingerprint density at radius 3 is 2.36 bits per heavy atom. The van der Waals surface area contributed by atoms with Crippen LogP contribution in [0.25, 0.3) is 10.9 Å². The normalized spacial score (nSPS) is 11.9. The van der Waals surface area contributed by atoms with Crippen molar-refractivity contribution < 1.29 is 29.0 Å². The third kappa shape index (κ3) is 4.36. The molecule has 1 heterocycles. The highest BCUT2D eigenvalue weighted by Crippen LogP contribution is 2.33. The number of nitrogens with zero attached hydrogens (tertiary/aromatic N) is 1. The molecule has 1 unspecified atom stereocenters. The van der Waals surface area contributed by atoms with Gasteiger partial charge < -0.3 is 29.8 Å². The van der Waals surface area contributed by atoms with Crippen LogP contribution in [0.3, 0.4) is 0 Å². The van der Waals surface area contributed by atoms with Crippen molar-refractivity contribution in [3.05, 3.63) is 23.9 Å². The zero-order valence-electron chi connectivity index (χ0n) is 16.5. The van der Waals surface area contributed by atoms with Gasteiger partial charge in [-0.3, -0.25) is 14.4 Å². The number of methoxy groups -OCH3 is 2. The first-order chi connectivity index (χ1) is 13.2. The third-order valence-corrected chi connectivity index (χ3v) is 4.44. The summed E-state index contributed by atoms with van der Waals surface area (Å²) in [5, 5.41) is 14.4. The van der Waals surface area contributed by atoms with Crippen molar-refractivity contribution in [1.29, 1.82) is 0 Å². The second kappa shape index (κ2) is 8.64. The van der Waals surface area contributed by atoms with Gasteiger partial charge in [0.15, 0.2) is 0 Å². The van der Waals surface area contributed by atoms with E-state index in [1.165, 1.54) is 7.11 Å². The lowest BCUT2D eigenvalue weighted by atomic mass is 10.0. The van der Waals surface area contributed by atoms with E-state index in [1.807, 2.05) is 0 Å². The molecule has 2 amide bonds. The fourth-order valence-corrected chi connectivity index (χ4v) is 2.90. The quantitative estimate of drug-likeness (QED) is 0.621. The van der Waals surface area contributed by atoms with Crippen molar-refractivity contribution in [3.8, 4) is 11.5 Å². The number of ether oxygens (including phenoxy) is 2. The number of carboxylic acids is 1. The lowest BCUT2D eigenvalue weighted by Crippen LogP contribution is -2.50. The Labute approximate surface area is 162 Å².